The normalized spacial score (nSPS) is 12.2. The Bertz CT molecular complexity index is 760. The fourth-order valence-electron chi connectivity index (χ4n) is 3.21. The van der Waals surface area contributed by atoms with Crippen molar-refractivity contribution in [3.63, 3.8) is 0 Å². The van der Waals surface area contributed by atoms with E-state index in [0.29, 0.717) is 6.61 Å². The molecule has 0 atom stereocenters. The van der Waals surface area contributed by atoms with Gasteiger partial charge in [-0.25, -0.2) is 15.6 Å². The molecule has 0 radical (unpaired) electrons. The number of nitrogens with two attached hydrogens (primary N) is 1. The molecule has 1 aliphatic carbocycles. The molecule has 6 nitrogen and oxygen atoms in total. The summed E-state index contributed by atoms with van der Waals surface area (Å²) in [6.45, 7) is 2.27. The van der Waals surface area contributed by atoms with Gasteiger partial charge >= 0.3 is 12.1 Å². The summed E-state index contributed by atoms with van der Waals surface area (Å²) in [6, 6.07) is 16.2. The maximum atomic E-state index is 12.1. The van der Waals surface area contributed by atoms with Crippen molar-refractivity contribution in [2.45, 2.75) is 19.3 Å². The monoisotopic (exact) mass is 354 g/mol. The number of carbonyl (C=O) groups is 2. The Morgan fingerprint density at radius 2 is 1.58 bits per heavy atom. The summed E-state index contributed by atoms with van der Waals surface area (Å²) in [5.74, 6) is 5.27. The van der Waals surface area contributed by atoms with E-state index in [-0.39, 0.29) is 25.5 Å². The second kappa shape index (κ2) is 8.01. The lowest BCUT2D eigenvalue weighted by atomic mass is 9.98. The number of carbonyl (C=O) groups excluding carboxylic acids is 2. The van der Waals surface area contributed by atoms with Gasteiger partial charge < -0.3 is 9.47 Å². The average molecular weight is 354 g/mol. The number of rotatable bonds is 6. The van der Waals surface area contributed by atoms with Crippen LogP contribution in [-0.2, 0) is 14.3 Å². The zero-order valence-electron chi connectivity index (χ0n) is 14.7. The molecule has 3 rings (SSSR count). The van der Waals surface area contributed by atoms with Gasteiger partial charge in [0.1, 0.15) is 6.61 Å². The Hall–Kier alpha value is -2.86. The van der Waals surface area contributed by atoms with Crippen molar-refractivity contribution in [3.8, 4) is 11.1 Å². The van der Waals surface area contributed by atoms with Gasteiger partial charge in [-0.3, -0.25) is 4.79 Å². The molecular formula is C20H22N2O4. The maximum absolute atomic E-state index is 12.1. The van der Waals surface area contributed by atoms with Crippen LogP contribution in [0.1, 0.15) is 30.4 Å². The van der Waals surface area contributed by atoms with E-state index in [1.54, 1.807) is 6.92 Å². The lowest BCUT2D eigenvalue weighted by Crippen LogP contribution is -2.40. The Morgan fingerprint density at radius 3 is 2.15 bits per heavy atom. The van der Waals surface area contributed by atoms with Crippen molar-refractivity contribution < 1.29 is 19.1 Å². The minimum absolute atomic E-state index is 0.0233. The number of amides is 1. The lowest BCUT2D eigenvalue weighted by Gasteiger charge is -2.19. The van der Waals surface area contributed by atoms with Crippen LogP contribution in [0, 0.1) is 0 Å². The lowest BCUT2D eigenvalue weighted by molar-refractivity contribution is -0.143. The van der Waals surface area contributed by atoms with Crippen molar-refractivity contribution >= 4 is 12.1 Å². The van der Waals surface area contributed by atoms with Crippen LogP contribution >= 0.6 is 0 Å². The summed E-state index contributed by atoms with van der Waals surface area (Å²) < 4.78 is 10.2. The molecule has 1 aliphatic rings. The first-order chi connectivity index (χ1) is 12.6. The quantitative estimate of drug-likeness (QED) is 0.373. The standard InChI is InChI=1S/C20H22N2O4/c1-2-25-19(23)11-12-22(21)20(24)26-13-18-16-9-5-3-7-14(16)15-8-4-6-10-17(15)18/h3-10,18H,2,11-13,21H2,1H3. The van der Waals surface area contributed by atoms with Gasteiger partial charge in [-0.2, -0.15) is 0 Å². The number of nitrogens with zero attached hydrogens (tertiary/aromatic N) is 1. The second-order valence-electron chi connectivity index (χ2n) is 6.05. The minimum Gasteiger partial charge on any atom is -0.466 e. The van der Waals surface area contributed by atoms with Crippen molar-refractivity contribution in [2.75, 3.05) is 19.8 Å². The number of fused-ring (bicyclic) bond motifs is 3. The van der Waals surface area contributed by atoms with E-state index < -0.39 is 12.1 Å². The smallest absolute Gasteiger partial charge is 0.424 e. The third-order valence-electron chi connectivity index (χ3n) is 4.43. The third-order valence-corrected chi connectivity index (χ3v) is 4.43. The average Bonchev–Trinajstić information content (AvgIpc) is 2.98. The van der Waals surface area contributed by atoms with Gasteiger partial charge in [-0.15, -0.1) is 0 Å². The van der Waals surface area contributed by atoms with Crippen LogP contribution < -0.4 is 5.84 Å². The predicted octanol–water partition coefficient (Wildman–Crippen LogP) is 3.06. The topological polar surface area (TPSA) is 81.9 Å². The van der Waals surface area contributed by atoms with E-state index >= 15 is 0 Å². The summed E-state index contributed by atoms with van der Waals surface area (Å²) in [4.78, 5) is 23.5. The van der Waals surface area contributed by atoms with E-state index in [1.807, 2.05) is 24.3 Å². The summed E-state index contributed by atoms with van der Waals surface area (Å²) in [5, 5.41) is 0.906. The highest BCUT2D eigenvalue weighted by Gasteiger charge is 2.29. The van der Waals surface area contributed by atoms with Crippen molar-refractivity contribution in [3.05, 3.63) is 59.7 Å². The van der Waals surface area contributed by atoms with Crippen LogP contribution in [0.25, 0.3) is 11.1 Å². The highest BCUT2D eigenvalue weighted by atomic mass is 16.6. The highest BCUT2D eigenvalue weighted by molar-refractivity contribution is 5.79. The van der Waals surface area contributed by atoms with Gasteiger partial charge in [0.05, 0.1) is 19.6 Å². The molecule has 0 saturated heterocycles. The number of hydrogen-bond donors (Lipinski definition) is 1. The number of esters is 1. The SMILES string of the molecule is CCOC(=O)CCN(N)C(=O)OCC1c2ccccc2-c2ccccc21. The van der Waals surface area contributed by atoms with Crippen LogP contribution in [0.15, 0.2) is 48.5 Å². The molecule has 6 heteroatoms. The Balaban J connectivity index is 1.63. The molecule has 136 valence electrons. The van der Waals surface area contributed by atoms with Gasteiger partial charge in [0.15, 0.2) is 0 Å². The molecule has 2 N–H and O–H groups in total. The van der Waals surface area contributed by atoms with Gasteiger partial charge in [0.2, 0.25) is 0 Å². The number of hydrogen-bond acceptors (Lipinski definition) is 5. The van der Waals surface area contributed by atoms with E-state index in [0.717, 1.165) is 27.3 Å². The molecule has 1 amide bonds. The van der Waals surface area contributed by atoms with Crippen LogP contribution in [0.4, 0.5) is 4.79 Å². The molecule has 0 aliphatic heterocycles. The van der Waals surface area contributed by atoms with Crippen molar-refractivity contribution in [2.24, 2.45) is 5.84 Å². The minimum atomic E-state index is -0.656. The third kappa shape index (κ3) is 3.70. The first-order valence-corrected chi connectivity index (χ1v) is 8.64. The van der Waals surface area contributed by atoms with Crippen LogP contribution in [0.3, 0.4) is 0 Å². The zero-order valence-corrected chi connectivity index (χ0v) is 14.7. The predicted molar refractivity (Wildman–Crippen MR) is 97.2 cm³/mol. The molecule has 0 heterocycles. The second-order valence-corrected chi connectivity index (χ2v) is 6.05. The van der Waals surface area contributed by atoms with E-state index in [2.05, 4.69) is 24.3 Å². The van der Waals surface area contributed by atoms with Crippen LogP contribution in [0.2, 0.25) is 0 Å². The highest BCUT2D eigenvalue weighted by Crippen LogP contribution is 2.44. The Morgan fingerprint density at radius 1 is 1.00 bits per heavy atom. The molecule has 2 aromatic carbocycles. The summed E-state index contributed by atoms with van der Waals surface area (Å²) in [6.07, 6.45) is -0.620. The first kappa shape index (κ1) is 17.9. The van der Waals surface area contributed by atoms with Gasteiger partial charge in [0.25, 0.3) is 0 Å². The largest absolute Gasteiger partial charge is 0.466 e. The van der Waals surface area contributed by atoms with Gasteiger partial charge in [-0.1, -0.05) is 48.5 Å². The van der Waals surface area contributed by atoms with Crippen molar-refractivity contribution in [1.82, 2.24) is 5.01 Å². The van der Waals surface area contributed by atoms with E-state index in [1.165, 1.54) is 0 Å². The van der Waals surface area contributed by atoms with Crippen LogP contribution in [0.5, 0.6) is 0 Å². The summed E-state index contributed by atoms with van der Waals surface area (Å²) in [7, 11) is 0. The Kier molecular flexibility index (Phi) is 5.53. The van der Waals surface area contributed by atoms with E-state index in [9.17, 15) is 9.59 Å². The number of benzene rings is 2. The molecule has 0 fully saturated rings. The summed E-state index contributed by atoms with van der Waals surface area (Å²) in [5.41, 5.74) is 4.60. The molecule has 26 heavy (non-hydrogen) atoms. The van der Waals surface area contributed by atoms with Gasteiger partial charge in [-0.05, 0) is 29.2 Å². The molecular weight excluding hydrogens is 332 g/mol. The molecule has 0 saturated carbocycles. The number of ether oxygens (including phenoxy) is 2. The first-order valence-electron chi connectivity index (χ1n) is 8.64. The number of hydrazine groups is 1. The fourth-order valence-corrected chi connectivity index (χ4v) is 3.21. The Labute approximate surface area is 152 Å². The van der Waals surface area contributed by atoms with Crippen molar-refractivity contribution in [1.29, 1.82) is 0 Å². The van der Waals surface area contributed by atoms with E-state index in [4.69, 9.17) is 15.3 Å². The molecule has 0 aromatic heterocycles. The molecule has 0 unspecified atom stereocenters. The molecule has 2 aromatic rings. The maximum Gasteiger partial charge on any atom is 0.424 e. The zero-order chi connectivity index (χ0) is 18.5. The van der Waals surface area contributed by atoms with Crippen LogP contribution in [-0.4, -0.2) is 36.8 Å². The summed E-state index contributed by atoms with van der Waals surface area (Å²) >= 11 is 0. The molecule has 0 bridgehead atoms. The van der Waals surface area contributed by atoms with Gasteiger partial charge in [0, 0.05) is 5.92 Å². The fraction of sp³-hybridized carbons (Fsp3) is 0.300. The molecule has 0 spiro atoms.